The molecule has 15 heavy (non-hydrogen) atoms. The number of nitrogens with zero attached hydrogens (tertiary/aromatic N) is 1. The van der Waals surface area contributed by atoms with Crippen LogP contribution in [-0.2, 0) is 4.74 Å². The SMILES string of the molecule is CCCC1CCC(C#N)(CCOC)CC1. The van der Waals surface area contributed by atoms with E-state index in [0.717, 1.165) is 31.8 Å². The van der Waals surface area contributed by atoms with Crippen LogP contribution in [0.3, 0.4) is 0 Å². The summed E-state index contributed by atoms with van der Waals surface area (Å²) in [7, 11) is 1.72. The molecule has 0 unspecified atom stereocenters. The van der Waals surface area contributed by atoms with Crippen molar-refractivity contribution in [2.24, 2.45) is 11.3 Å². The molecule has 0 bridgehead atoms. The molecule has 0 saturated heterocycles. The summed E-state index contributed by atoms with van der Waals surface area (Å²) >= 11 is 0. The molecule has 0 N–H and O–H groups in total. The monoisotopic (exact) mass is 209 g/mol. The Morgan fingerprint density at radius 1 is 1.40 bits per heavy atom. The first-order valence-electron chi connectivity index (χ1n) is 6.16. The first kappa shape index (κ1) is 12.5. The number of rotatable bonds is 5. The van der Waals surface area contributed by atoms with Gasteiger partial charge in [0.25, 0.3) is 0 Å². The second-order valence-corrected chi connectivity index (χ2v) is 4.87. The third kappa shape index (κ3) is 3.50. The van der Waals surface area contributed by atoms with Gasteiger partial charge in [0.1, 0.15) is 0 Å². The smallest absolute Gasteiger partial charge is 0.0690 e. The highest BCUT2D eigenvalue weighted by Gasteiger charge is 2.34. The molecule has 0 spiro atoms. The topological polar surface area (TPSA) is 33.0 Å². The van der Waals surface area contributed by atoms with Gasteiger partial charge in [0.05, 0.1) is 11.5 Å². The molecule has 1 aliphatic carbocycles. The quantitative estimate of drug-likeness (QED) is 0.694. The Morgan fingerprint density at radius 3 is 2.53 bits per heavy atom. The van der Waals surface area contributed by atoms with Gasteiger partial charge in [-0.25, -0.2) is 0 Å². The van der Waals surface area contributed by atoms with Gasteiger partial charge in [-0.1, -0.05) is 19.8 Å². The molecule has 0 radical (unpaired) electrons. The molecule has 0 heterocycles. The maximum absolute atomic E-state index is 9.28. The number of ether oxygens (including phenoxy) is 1. The highest BCUT2D eigenvalue weighted by atomic mass is 16.5. The van der Waals surface area contributed by atoms with Crippen LogP contribution in [0.15, 0.2) is 0 Å². The van der Waals surface area contributed by atoms with Crippen LogP contribution in [0, 0.1) is 22.7 Å². The summed E-state index contributed by atoms with van der Waals surface area (Å²) in [4.78, 5) is 0. The number of nitriles is 1. The fourth-order valence-electron chi connectivity index (χ4n) is 2.64. The molecule has 86 valence electrons. The zero-order valence-electron chi connectivity index (χ0n) is 10.1. The van der Waals surface area contributed by atoms with E-state index >= 15 is 0 Å². The zero-order valence-corrected chi connectivity index (χ0v) is 10.1. The minimum absolute atomic E-state index is 0.0692. The molecule has 0 aromatic carbocycles. The van der Waals surface area contributed by atoms with Gasteiger partial charge in [-0.2, -0.15) is 5.26 Å². The third-order valence-corrected chi connectivity index (χ3v) is 3.78. The lowest BCUT2D eigenvalue weighted by Crippen LogP contribution is -2.27. The van der Waals surface area contributed by atoms with Gasteiger partial charge < -0.3 is 4.74 Å². The number of hydrogen-bond acceptors (Lipinski definition) is 2. The summed E-state index contributed by atoms with van der Waals surface area (Å²) in [6.45, 7) is 2.98. The summed E-state index contributed by atoms with van der Waals surface area (Å²) in [5.41, 5.74) is -0.0692. The van der Waals surface area contributed by atoms with Gasteiger partial charge >= 0.3 is 0 Å². The van der Waals surface area contributed by atoms with Crippen LogP contribution < -0.4 is 0 Å². The van der Waals surface area contributed by atoms with Gasteiger partial charge in [-0.15, -0.1) is 0 Å². The molecule has 1 aliphatic rings. The van der Waals surface area contributed by atoms with Crippen molar-refractivity contribution in [3.63, 3.8) is 0 Å². The highest BCUT2D eigenvalue weighted by Crippen LogP contribution is 2.42. The van der Waals surface area contributed by atoms with Gasteiger partial charge in [0.2, 0.25) is 0 Å². The molecule has 2 heteroatoms. The molecule has 1 rings (SSSR count). The average Bonchev–Trinajstić information content (AvgIpc) is 2.29. The van der Waals surface area contributed by atoms with Crippen LogP contribution in [0.5, 0.6) is 0 Å². The van der Waals surface area contributed by atoms with E-state index in [0.29, 0.717) is 0 Å². The standard InChI is InChI=1S/C13H23NO/c1-3-4-12-5-7-13(11-14,8-6-12)9-10-15-2/h12H,3-10H2,1-2H3. The van der Waals surface area contributed by atoms with E-state index in [9.17, 15) is 5.26 Å². The van der Waals surface area contributed by atoms with Crippen molar-refractivity contribution >= 4 is 0 Å². The summed E-state index contributed by atoms with van der Waals surface area (Å²) < 4.78 is 5.09. The molecular weight excluding hydrogens is 186 g/mol. The molecule has 0 amide bonds. The maximum Gasteiger partial charge on any atom is 0.0690 e. The van der Waals surface area contributed by atoms with Crippen molar-refractivity contribution in [1.29, 1.82) is 5.26 Å². The fourth-order valence-corrected chi connectivity index (χ4v) is 2.64. The molecule has 2 nitrogen and oxygen atoms in total. The van der Waals surface area contributed by atoms with Crippen molar-refractivity contribution in [1.82, 2.24) is 0 Å². The van der Waals surface area contributed by atoms with Gasteiger partial charge in [0.15, 0.2) is 0 Å². The van der Waals surface area contributed by atoms with Gasteiger partial charge in [-0.3, -0.25) is 0 Å². The molecular formula is C13H23NO. The molecule has 0 aromatic heterocycles. The summed E-state index contributed by atoms with van der Waals surface area (Å²) in [5, 5.41) is 9.28. The van der Waals surface area contributed by atoms with Gasteiger partial charge in [-0.05, 0) is 38.0 Å². The van der Waals surface area contributed by atoms with Crippen molar-refractivity contribution in [2.75, 3.05) is 13.7 Å². The predicted molar refractivity (Wildman–Crippen MR) is 61.4 cm³/mol. The lowest BCUT2D eigenvalue weighted by molar-refractivity contribution is 0.122. The van der Waals surface area contributed by atoms with Crippen LogP contribution in [0.1, 0.15) is 51.9 Å². The van der Waals surface area contributed by atoms with Crippen molar-refractivity contribution in [2.45, 2.75) is 51.9 Å². The van der Waals surface area contributed by atoms with Crippen LogP contribution >= 0.6 is 0 Å². The van der Waals surface area contributed by atoms with Crippen LogP contribution in [0.2, 0.25) is 0 Å². The Hall–Kier alpha value is -0.550. The lowest BCUT2D eigenvalue weighted by Gasteiger charge is -2.34. The molecule has 1 fully saturated rings. The van der Waals surface area contributed by atoms with E-state index in [4.69, 9.17) is 4.74 Å². The second-order valence-electron chi connectivity index (χ2n) is 4.87. The van der Waals surface area contributed by atoms with E-state index in [1.54, 1.807) is 7.11 Å². The minimum Gasteiger partial charge on any atom is -0.385 e. The van der Waals surface area contributed by atoms with E-state index in [1.165, 1.54) is 25.7 Å². The molecule has 0 aliphatic heterocycles. The van der Waals surface area contributed by atoms with Gasteiger partial charge in [0, 0.05) is 13.7 Å². The van der Waals surface area contributed by atoms with Crippen molar-refractivity contribution in [3.05, 3.63) is 0 Å². The molecule has 1 saturated carbocycles. The van der Waals surface area contributed by atoms with Crippen molar-refractivity contribution < 1.29 is 4.74 Å². The summed E-state index contributed by atoms with van der Waals surface area (Å²) in [6.07, 6.45) is 8.18. The van der Waals surface area contributed by atoms with E-state index in [2.05, 4.69) is 13.0 Å². The lowest BCUT2D eigenvalue weighted by atomic mass is 9.69. The zero-order chi connectivity index (χ0) is 11.1. The highest BCUT2D eigenvalue weighted by molar-refractivity contribution is 5.01. The Morgan fingerprint density at radius 2 is 2.07 bits per heavy atom. The normalized spacial score (nSPS) is 31.1. The summed E-state index contributed by atoms with van der Waals surface area (Å²) in [5.74, 6) is 0.874. The van der Waals surface area contributed by atoms with E-state index < -0.39 is 0 Å². The Kier molecular flexibility index (Phi) is 5.11. The van der Waals surface area contributed by atoms with Crippen LogP contribution in [0.4, 0.5) is 0 Å². The van der Waals surface area contributed by atoms with Crippen molar-refractivity contribution in [3.8, 4) is 6.07 Å². The predicted octanol–water partition coefficient (Wildman–Crippen LogP) is 3.52. The van der Waals surface area contributed by atoms with Crippen LogP contribution in [0.25, 0.3) is 0 Å². The second kappa shape index (κ2) is 6.12. The number of hydrogen-bond donors (Lipinski definition) is 0. The van der Waals surface area contributed by atoms with Crippen LogP contribution in [-0.4, -0.2) is 13.7 Å². The minimum atomic E-state index is -0.0692. The van der Waals surface area contributed by atoms with E-state index in [1.807, 2.05) is 0 Å². The third-order valence-electron chi connectivity index (χ3n) is 3.78. The molecule has 0 aromatic rings. The first-order chi connectivity index (χ1) is 7.26. The molecule has 0 atom stereocenters. The number of methoxy groups -OCH3 is 1. The Balaban J connectivity index is 2.41. The maximum atomic E-state index is 9.28. The fraction of sp³-hybridized carbons (Fsp3) is 0.923. The Labute approximate surface area is 93.6 Å². The Bertz CT molecular complexity index is 211. The first-order valence-corrected chi connectivity index (χ1v) is 6.16. The summed E-state index contributed by atoms with van der Waals surface area (Å²) in [6, 6.07) is 2.53. The largest absolute Gasteiger partial charge is 0.385 e. The average molecular weight is 209 g/mol. The van der Waals surface area contributed by atoms with E-state index in [-0.39, 0.29) is 5.41 Å².